The zero-order valence-electron chi connectivity index (χ0n) is 11.7. The van der Waals surface area contributed by atoms with Crippen LogP contribution in [-0.2, 0) is 0 Å². The molecule has 0 amide bonds. The second-order valence-electron chi connectivity index (χ2n) is 6.27. The first-order valence-corrected chi connectivity index (χ1v) is 7.04. The lowest BCUT2D eigenvalue weighted by Gasteiger charge is -2.40. The first-order valence-electron chi connectivity index (χ1n) is 7.04. The minimum absolute atomic E-state index is 0.291. The zero-order valence-corrected chi connectivity index (χ0v) is 11.7. The average molecular weight is 247 g/mol. The van der Waals surface area contributed by atoms with Crippen LogP contribution in [0.2, 0.25) is 0 Å². The number of aromatic hydroxyl groups is 1. The lowest BCUT2D eigenvalue weighted by Crippen LogP contribution is -2.45. The van der Waals surface area contributed by atoms with Crippen LogP contribution in [0.4, 0.5) is 0 Å². The summed E-state index contributed by atoms with van der Waals surface area (Å²) in [5.74, 6) is 0.351. The molecule has 0 spiro atoms. The molecule has 0 saturated heterocycles. The molecule has 1 saturated carbocycles. The maximum absolute atomic E-state index is 9.54. The number of hydrogen-bond donors (Lipinski definition) is 2. The van der Waals surface area contributed by atoms with Gasteiger partial charge in [0.1, 0.15) is 5.75 Å². The highest BCUT2D eigenvalue weighted by Crippen LogP contribution is 2.36. The van der Waals surface area contributed by atoms with Gasteiger partial charge >= 0.3 is 0 Å². The highest BCUT2D eigenvalue weighted by molar-refractivity contribution is 5.29. The molecule has 0 radical (unpaired) electrons. The summed E-state index contributed by atoms with van der Waals surface area (Å²) < 4.78 is 0. The third-order valence-corrected chi connectivity index (χ3v) is 4.33. The summed E-state index contributed by atoms with van der Waals surface area (Å²) in [4.78, 5) is 0. The van der Waals surface area contributed by atoms with E-state index in [9.17, 15) is 5.11 Å². The van der Waals surface area contributed by atoms with E-state index in [1.54, 1.807) is 6.07 Å². The fraction of sp³-hybridized carbons (Fsp3) is 0.625. The van der Waals surface area contributed by atoms with E-state index < -0.39 is 0 Å². The van der Waals surface area contributed by atoms with Crippen molar-refractivity contribution < 1.29 is 5.11 Å². The van der Waals surface area contributed by atoms with Crippen molar-refractivity contribution in [1.29, 1.82) is 0 Å². The van der Waals surface area contributed by atoms with Crippen LogP contribution in [0.5, 0.6) is 5.75 Å². The largest absolute Gasteiger partial charge is 0.508 e. The number of hydrogen-bond acceptors (Lipinski definition) is 2. The van der Waals surface area contributed by atoms with Crippen LogP contribution >= 0.6 is 0 Å². The lowest BCUT2D eigenvalue weighted by atomic mass is 9.73. The Bertz CT molecular complexity index is 400. The topological polar surface area (TPSA) is 32.3 Å². The highest BCUT2D eigenvalue weighted by Gasteiger charge is 2.32. The van der Waals surface area contributed by atoms with E-state index in [0.29, 0.717) is 23.2 Å². The van der Waals surface area contributed by atoms with Crippen molar-refractivity contribution in [2.45, 2.75) is 58.5 Å². The Morgan fingerprint density at radius 1 is 1.33 bits per heavy atom. The number of rotatable bonds is 3. The summed E-state index contributed by atoms with van der Waals surface area (Å²) in [6, 6.07) is 8.43. The van der Waals surface area contributed by atoms with Crippen LogP contribution in [0.25, 0.3) is 0 Å². The van der Waals surface area contributed by atoms with Crippen molar-refractivity contribution in [3.05, 3.63) is 29.8 Å². The van der Waals surface area contributed by atoms with E-state index >= 15 is 0 Å². The summed E-state index contributed by atoms with van der Waals surface area (Å²) in [5, 5.41) is 13.3. The number of phenols is 1. The third-order valence-electron chi connectivity index (χ3n) is 4.33. The molecule has 1 aliphatic carbocycles. The molecule has 1 aromatic carbocycles. The van der Waals surface area contributed by atoms with Crippen molar-refractivity contribution in [2.24, 2.45) is 5.41 Å². The van der Waals surface area contributed by atoms with Crippen molar-refractivity contribution in [2.75, 3.05) is 0 Å². The summed E-state index contributed by atoms with van der Waals surface area (Å²) in [6.07, 6.45) is 5.24. The van der Waals surface area contributed by atoms with E-state index in [4.69, 9.17) is 0 Å². The Morgan fingerprint density at radius 2 is 2.11 bits per heavy atom. The molecule has 0 bridgehead atoms. The molecule has 2 nitrogen and oxygen atoms in total. The summed E-state index contributed by atoms with van der Waals surface area (Å²) in [7, 11) is 0. The van der Waals surface area contributed by atoms with Gasteiger partial charge in [-0.2, -0.15) is 0 Å². The Hall–Kier alpha value is -1.02. The summed E-state index contributed by atoms with van der Waals surface area (Å²) in [6.45, 7) is 6.90. The first-order chi connectivity index (χ1) is 8.49. The fourth-order valence-electron chi connectivity index (χ4n) is 3.00. The van der Waals surface area contributed by atoms with Crippen LogP contribution in [0, 0.1) is 5.41 Å². The highest BCUT2D eigenvalue weighted by atomic mass is 16.3. The van der Waals surface area contributed by atoms with E-state index in [2.05, 4.69) is 32.2 Å². The van der Waals surface area contributed by atoms with E-state index in [1.807, 2.05) is 12.1 Å². The molecule has 2 unspecified atom stereocenters. The van der Waals surface area contributed by atoms with Crippen LogP contribution in [0.3, 0.4) is 0 Å². The van der Waals surface area contributed by atoms with Crippen molar-refractivity contribution in [3.63, 3.8) is 0 Å². The van der Waals surface area contributed by atoms with Crippen molar-refractivity contribution in [1.82, 2.24) is 5.32 Å². The van der Waals surface area contributed by atoms with E-state index in [1.165, 1.54) is 25.7 Å². The molecule has 0 aliphatic heterocycles. The first kappa shape index (κ1) is 13.4. The molecule has 1 fully saturated rings. The van der Waals surface area contributed by atoms with E-state index in [0.717, 1.165) is 5.56 Å². The second-order valence-corrected chi connectivity index (χ2v) is 6.27. The van der Waals surface area contributed by atoms with Crippen molar-refractivity contribution in [3.8, 4) is 5.75 Å². The number of nitrogens with one attached hydrogen (secondary N) is 1. The maximum atomic E-state index is 9.54. The molecule has 0 aromatic heterocycles. The predicted molar refractivity (Wildman–Crippen MR) is 75.7 cm³/mol. The van der Waals surface area contributed by atoms with Gasteiger partial charge in [-0.1, -0.05) is 38.8 Å². The number of benzene rings is 1. The smallest absolute Gasteiger partial charge is 0.115 e. The minimum Gasteiger partial charge on any atom is -0.508 e. The van der Waals surface area contributed by atoms with Gasteiger partial charge in [0.2, 0.25) is 0 Å². The zero-order chi connectivity index (χ0) is 13.2. The fourth-order valence-corrected chi connectivity index (χ4v) is 3.00. The van der Waals surface area contributed by atoms with Crippen LogP contribution in [0.1, 0.15) is 58.1 Å². The summed E-state index contributed by atoms with van der Waals surface area (Å²) in [5.41, 5.74) is 1.54. The molecule has 2 N–H and O–H groups in total. The van der Waals surface area contributed by atoms with Gasteiger partial charge in [0.25, 0.3) is 0 Å². The van der Waals surface area contributed by atoms with E-state index in [-0.39, 0.29) is 0 Å². The molecule has 1 aliphatic rings. The Morgan fingerprint density at radius 3 is 2.78 bits per heavy atom. The van der Waals surface area contributed by atoms with Gasteiger partial charge in [0.15, 0.2) is 0 Å². The van der Waals surface area contributed by atoms with Gasteiger partial charge in [-0.15, -0.1) is 0 Å². The molecular formula is C16H25NO. The molecule has 0 heterocycles. The lowest BCUT2D eigenvalue weighted by molar-refractivity contribution is 0.157. The molecule has 2 rings (SSSR count). The molecular weight excluding hydrogens is 222 g/mol. The van der Waals surface area contributed by atoms with Gasteiger partial charge in [-0.3, -0.25) is 0 Å². The number of phenolic OH excluding ortho intramolecular Hbond substituents is 1. The SMILES string of the molecule is CC(NC1CCCCC1(C)C)c1cccc(O)c1. The molecule has 2 atom stereocenters. The monoisotopic (exact) mass is 247 g/mol. The van der Waals surface area contributed by atoms with Crippen LogP contribution in [0.15, 0.2) is 24.3 Å². The van der Waals surface area contributed by atoms with Gasteiger partial charge in [-0.25, -0.2) is 0 Å². The normalized spacial score (nSPS) is 24.7. The molecule has 1 aromatic rings. The summed E-state index contributed by atoms with van der Waals surface area (Å²) >= 11 is 0. The molecule has 18 heavy (non-hydrogen) atoms. The quantitative estimate of drug-likeness (QED) is 0.845. The Kier molecular flexibility index (Phi) is 3.96. The standard InChI is InChI=1S/C16H25NO/c1-12(13-7-6-8-14(18)11-13)17-15-9-4-5-10-16(15,2)3/h6-8,11-12,15,17-18H,4-5,9-10H2,1-3H3. The van der Waals surface area contributed by atoms with Gasteiger partial charge < -0.3 is 10.4 Å². The minimum atomic E-state index is 0.291. The Balaban J connectivity index is 2.04. The third kappa shape index (κ3) is 3.05. The van der Waals surface area contributed by atoms with Crippen LogP contribution < -0.4 is 5.32 Å². The average Bonchev–Trinajstić information content (AvgIpc) is 2.31. The van der Waals surface area contributed by atoms with Gasteiger partial charge in [0, 0.05) is 12.1 Å². The molecule has 2 heteroatoms. The van der Waals surface area contributed by atoms with Crippen molar-refractivity contribution >= 4 is 0 Å². The van der Waals surface area contributed by atoms with Gasteiger partial charge in [-0.05, 0) is 42.9 Å². The van der Waals surface area contributed by atoms with Crippen LogP contribution in [-0.4, -0.2) is 11.1 Å². The predicted octanol–water partition coefficient (Wildman–Crippen LogP) is 4.01. The maximum Gasteiger partial charge on any atom is 0.115 e. The Labute approximate surface area is 110 Å². The second kappa shape index (κ2) is 5.31. The van der Waals surface area contributed by atoms with Gasteiger partial charge in [0.05, 0.1) is 0 Å². The molecule has 100 valence electrons.